The lowest BCUT2D eigenvalue weighted by Crippen LogP contribution is -2.15. The SMILES string of the molecule is Cc1cc(/C=C/n2ncc3ccc(NC(=O)c4cccc(C#N)c4C(C)C)cc32)cc(C)n1. The molecule has 33 heavy (non-hydrogen) atoms. The van der Waals surface area contributed by atoms with Crippen LogP contribution in [-0.2, 0) is 0 Å². The minimum absolute atomic E-state index is 0.0520. The first-order valence-electron chi connectivity index (χ1n) is 10.8. The van der Waals surface area contributed by atoms with Gasteiger partial charge in [0.25, 0.3) is 5.91 Å². The molecule has 0 spiro atoms. The number of hydrogen-bond acceptors (Lipinski definition) is 4. The van der Waals surface area contributed by atoms with Crippen molar-refractivity contribution in [2.24, 2.45) is 0 Å². The molecule has 6 heteroatoms. The van der Waals surface area contributed by atoms with Gasteiger partial charge in [-0.15, -0.1) is 0 Å². The van der Waals surface area contributed by atoms with E-state index in [0.717, 1.165) is 33.4 Å². The zero-order chi connectivity index (χ0) is 23.5. The Labute approximate surface area is 193 Å². The summed E-state index contributed by atoms with van der Waals surface area (Å²) in [5.41, 5.74) is 6.31. The van der Waals surface area contributed by atoms with Gasteiger partial charge in [-0.2, -0.15) is 10.4 Å². The highest BCUT2D eigenvalue weighted by Crippen LogP contribution is 2.26. The largest absolute Gasteiger partial charge is 0.322 e. The molecule has 0 aliphatic rings. The lowest BCUT2D eigenvalue weighted by Gasteiger charge is -2.14. The Balaban J connectivity index is 1.64. The number of benzene rings is 2. The van der Waals surface area contributed by atoms with Crippen molar-refractivity contribution in [1.82, 2.24) is 14.8 Å². The van der Waals surface area contributed by atoms with Crippen LogP contribution >= 0.6 is 0 Å². The molecule has 0 unspecified atom stereocenters. The molecular formula is C27H25N5O. The van der Waals surface area contributed by atoms with E-state index in [1.807, 2.05) is 70.3 Å². The van der Waals surface area contributed by atoms with Crippen LogP contribution in [0.4, 0.5) is 5.69 Å². The average Bonchev–Trinajstić information content (AvgIpc) is 3.18. The molecule has 1 N–H and O–H groups in total. The summed E-state index contributed by atoms with van der Waals surface area (Å²) in [6.07, 6.45) is 5.68. The van der Waals surface area contributed by atoms with Gasteiger partial charge in [0.1, 0.15) is 0 Å². The maximum atomic E-state index is 13.1. The van der Waals surface area contributed by atoms with Crippen molar-refractivity contribution in [2.75, 3.05) is 5.32 Å². The maximum Gasteiger partial charge on any atom is 0.255 e. The van der Waals surface area contributed by atoms with E-state index in [0.29, 0.717) is 16.8 Å². The number of hydrogen-bond donors (Lipinski definition) is 1. The molecule has 4 aromatic rings. The van der Waals surface area contributed by atoms with Gasteiger partial charge < -0.3 is 5.32 Å². The van der Waals surface area contributed by atoms with Crippen LogP contribution < -0.4 is 5.32 Å². The monoisotopic (exact) mass is 435 g/mol. The lowest BCUT2D eigenvalue weighted by atomic mass is 9.92. The maximum absolute atomic E-state index is 13.1. The van der Waals surface area contributed by atoms with Crippen molar-refractivity contribution in [3.8, 4) is 6.07 Å². The molecule has 4 rings (SSSR count). The summed E-state index contributed by atoms with van der Waals surface area (Å²) in [6.45, 7) is 7.91. The van der Waals surface area contributed by atoms with Crippen molar-refractivity contribution >= 4 is 34.8 Å². The van der Waals surface area contributed by atoms with Gasteiger partial charge in [0.15, 0.2) is 0 Å². The molecule has 0 radical (unpaired) electrons. The summed E-state index contributed by atoms with van der Waals surface area (Å²) in [5.74, 6) is -0.185. The van der Waals surface area contributed by atoms with Gasteiger partial charge in [0.05, 0.1) is 23.3 Å². The number of aromatic nitrogens is 3. The summed E-state index contributed by atoms with van der Waals surface area (Å²) in [5, 5.41) is 17.9. The summed E-state index contributed by atoms with van der Waals surface area (Å²) >= 11 is 0. The number of nitriles is 1. The first kappa shape index (κ1) is 22.0. The zero-order valence-electron chi connectivity index (χ0n) is 19.1. The summed E-state index contributed by atoms with van der Waals surface area (Å²) in [7, 11) is 0. The molecular weight excluding hydrogens is 410 g/mol. The van der Waals surface area contributed by atoms with E-state index >= 15 is 0 Å². The van der Waals surface area contributed by atoms with E-state index < -0.39 is 0 Å². The fourth-order valence-corrected chi connectivity index (χ4v) is 4.04. The fraction of sp³-hybridized carbons (Fsp3) is 0.185. The molecule has 0 aliphatic heterocycles. The molecule has 0 fully saturated rings. The number of fused-ring (bicyclic) bond motifs is 1. The molecule has 0 atom stereocenters. The van der Waals surface area contributed by atoms with Crippen molar-refractivity contribution < 1.29 is 4.79 Å². The molecule has 0 bridgehead atoms. The zero-order valence-corrected chi connectivity index (χ0v) is 19.1. The number of nitrogens with zero attached hydrogens (tertiary/aromatic N) is 4. The molecule has 2 aromatic heterocycles. The van der Waals surface area contributed by atoms with Crippen molar-refractivity contribution in [3.63, 3.8) is 0 Å². The minimum atomic E-state index is -0.237. The Morgan fingerprint density at radius 2 is 1.88 bits per heavy atom. The van der Waals surface area contributed by atoms with E-state index in [4.69, 9.17) is 0 Å². The highest BCUT2D eigenvalue weighted by Gasteiger charge is 2.18. The quantitative estimate of drug-likeness (QED) is 0.421. The number of amides is 1. The van der Waals surface area contributed by atoms with Crippen LogP contribution in [0.3, 0.4) is 0 Å². The Bertz CT molecular complexity index is 1400. The second-order valence-corrected chi connectivity index (χ2v) is 8.35. The van der Waals surface area contributed by atoms with Crippen LogP contribution in [0.2, 0.25) is 0 Å². The van der Waals surface area contributed by atoms with Crippen LogP contribution in [-0.4, -0.2) is 20.7 Å². The van der Waals surface area contributed by atoms with Crippen molar-refractivity contribution in [2.45, 2.75) is 33.6 Å². The van der Waals surface area contributed by atoms with Crippen LogP contribution in [0.1, 0.15) is 58.2 Å². The normalized spacial score (nSPS) is 11.3. The average molecular weight is 436 g/mol. The second kappa shape index (κ2) is 9.09. The van der Waals surface area contributed by atoms with Crippen LogP contribution in [0.15, 0.2) is 54.7 Å². The molecule has 0 saturated carbocycles. The van der Waals surface area contributed by atoms with Gasteiger partial charge in [-0.3, -0.25) is 9.78 Å². The van der Waals surface area contributed by atoms with Gasteiger partial charge >= 0.3 is 0 Å². The number of aryl methyl sites for hydroxylation is 2. The Kier molecular flexibility index (Phi) is 6.05. The first-order chi connectivity index (χ1) is 15.9. The van der Waals surface area contributed by atoms with Crippen LogP contribution in [0.25, 0.3) is 23.2 Å². The number of carbonyl (C=O) groups excluding carboxylic acids is 1. The number of carbonyl (C=O) groups is 1. The Morgan fingerprint density at radius 3 is 2.58 bits per heavy atom. The first-order valence-corrected chi connectivity index (χ1v) is 10.8. The molecule has 2 aromatic carbocycles. The standard InChI is InChI=1S/C27H25N5O/c1-17(2)26-21(15-28)6-5-7-24(26)27(33)31-23-9-8-22-16-29-32(25(22)14-23)11-10-20-12-18(3)30-19(4)13-20/h5-14,16-17H,1-4H3,(H,31,33)/b11-10+. The molecule has 6 nitrogen and oxygen atoms in total. The number of anilines is 1. The predicted molar refractivity (Wildman–Crippen MR) is 132 cm³/mol. The third kappa shape index (κ3) is 4.68. The van der Waals surface area contributed by atoms with Gasteiger partial charge in [-0.1, -0.05) is 19.9 Å². The van der Waals surface area contributed by atoms with E-state index in [-0.39, 0.29) is 11.8 Å². The van der Waals surface area contributed by atoms with E-state index in [1.54, 1.807) is 29.1 Å². The van der Waals surface area contributed by atoms with E-state index in [9.17, 15) is 10.1 Å². The Hall–Kier alpha value is -4.24. The van der Waals surface area contributed by atoms with Gasteiger partial charge in [-0.25, -0.2) is 4.68 Å². The van der Waals surface area contributed by atoms with Crippen molar-refractivity contribution in [1.29, 1.82) is 5.26 Å². The topological polar surface area (TPSA) is 83.6 Å². The Morgan fingerprint density at radius 1 is 1.12 bits per heavy atom. The van der Waals surface area contributed by atoms with Gasteiger partial charge in [0, 0.05) is 34.2 Å². The smallest absolute Gasteiger partial charge is 0.255 e. The molecule has 0 aliphatic carbocycles. The highest BCUT2D eigenvalue weighted by molar-refractivity contribution is 6.06. The third-order valence-electron chi connectivity index (χ3n) is 5.42. The number of rotatable bonds is 5. The van der Waals surface area contributed by atoms with Crippen LogP contribution in [0.5, 0.6) is 0 Å². The van der Waals surface area contributed by atoms with Gasteiger partial charge in [-0.05, 0) is 79.4 Å². The summed E-state index contributed by atoms with van der Waals surface area (Å²) in [6, 6.07) is 17.2. The lowest BCUT2D eigenvalue weighted by molar-refractivity contribution is 0.102. The van der Waals surface area contributed by atoms with Crippen molar-refractivity contribution in [3.05, 3.63) is 88.4 Å². The number of pyridine rings is 1. The third-order valence-corrected chi connectivity index (χ3v) is 5.42. The molecule has 1 amide bonds. The van der Waals surface area contributed by atoms with E-state index in [1.165, 1.54) is 0 Å². The molecule has 164 valence electrons. The minimum Gasteiger partial charge on any atom is -0.322 e. The van der Waals surface area contributed by atoms with Crippen LogP contribution in [0, 0.1) is 25.2 Å². The summed E-state index contributed by atoms with van der Waals surface area (Å²) in [4.78, 5) is 17.5. The predicted octanol–water partition coefficient (Wildman–Crippen LogP) is 5.92. The second-order valence-electron chi connectivity index (χ2n) is 8.35. The summed E-state index contributed by atoms with van der Waals surface area (Å²) < 4.78 is 1.78. The number of nitrogens with one attached hydrogen (secondary N) is 1. The fourth-order valence-electron chi connectivity index (χ4n) is 4.04. The van der Waals surface area contributed by atoms with E-state index in [2.05, 4.69) is 21.5 Å². The van der Waals surface area contributed by atoms with Gasteiger partial charge in [0.2, 0.25) is 0 Å². The molecule has 2 heterocycles. The molecule has 0 saturated heterocycles. The highest BCUT2D eigenvalue weighted by atomic mass is 16.1.